The molecule has 5 heteroatoms. The molecule has 0 fully saturated rings. The smallest absolute Gasteiger partial charge is 0.230 e. The largest absolute Gasteiger partial charge is 0.441 e. The van der Waals surface area contributed by atoms with Crippen LogP contribution in [0.3, 0.4) is 0 Å². The Balaban J connectivity index is 1.50. The van der Waals surface area contributed by atoms with E-state index in [0.29, 0.717) is 23.9 Å². The molecule has 0 aliphatic carbocycles. The summed E-state index contributed by atoms with van der Waals surface area (Å²) in [7, 11) is 0. The second-order valence-electron chi connectivity index (χ2n) is 6.15. The summed E-state index contributed by atoms with van der Waals surface area (Å²) < 4.78 is 5.79. The van der Waals surface area contributed by atoms with Crippen molar-refractivity contribution < 1.29 is 9.21 Å². The Kier molecular flexibility index (Phi) is 6.12. The zero-order valence-corrected chi connectivity index (χ0v) is 15.8. The molecule has 0 saturated carbocycles. The van der Waals surface area contributed by atoms with Crippen molar-refractivity contribution >= 4 is 17.7 Å². The van der Waals surface area contributed by atoms with Crippen molar-refractivity contribution in [1.82, 2.24) is 10.3 Å². The Bertz CT molecular complexity index is 875. The molecule has 0 radical (unpaired) electrons. The quantitative estimate of drug-likeness (QED) is 0.668. The van der Waals surface area contributed by atoms with Crippen molar-refractivity contribution in [1.29, 1.82) is 0 Å². The van der Waals surface area contributed by atoms with Crippen molar-refractivity contribution in [3.05, 3.63) is 77.2 Å². The van der Waals surface area contributed by atoms with Crippen LogP contribution in [0.5, 0.6) is 0 Å². The lowest BCUT2D eigenvalue weighted by atomic mass is 10.1. The maximum Gasteiger partial charge on any atom is 0.230 e. The molecule has 3 aromatic rings. The highest BCUT2D eigenvalue weighted by molar-refractivity contribution is 7.99. The molecule has 1 N–H and O–H groups in total. The summed E-state index contributed by atoms with van der Waals surface area (Å²) in [5, 5.41) is 2.93. The van der Waals surface area contributed by atoms with Crippen LogP contribution in [-0.4, -0.2) is 16.6 Å². The average molecular weight is 366 g/mol. The number of carbonyl (C=O) groups excluding carboxylic acids is 1. The molecule has 1 heterocycles. The number of aromatic nitrogens is 1. The van der Waals surface area contributed by atoms with E-state index in [9.17, 15) is 4.79 Å². The van der Waals surface area contributed by atoms with Gasteiger partial charge in [0.05, 0.1) is 11.4 Å². The lowest BCUT2D eigenvalue weighted by molar-refractivity contribution is -0.118. The summed E-state index contributed by atoms with van der Waals surface area (Å²) in [6, 6.07) is 18.0. The first kappa shape index (κ1) is 18.3. The van der Waals surface area contributed by atoms with Crippen LogP contribution >= 0.6 is 11.8 Å². The highest BCUT2D eigenvalue weighted by Gasteiger charge is 2.12. The molecule has 0 unspecified atom stereocenters. The number of aryl methyl sites for hydroxylation is 2. The van der Waals surface area contributed by atoms with Gasteiger partial charge in [-0.2, -0.15) is 0 Å². The number of amides is 1. The molecule has 0 aliphatic rings. The summed E-state index contributed by atoms with van der Waals surface area (Å²) in [6.45, 7) is 4.52. The fraction of sp³-hybridized carbons (Fsp3) is 0.238. The Morgan fingerprint density at radius 3 is 2.69 bits per heavy atom. The fourth-order valence-electron chi connectivity index (χ4n) is 2.55. The molecule has 0 spiro atoms. The van der Waals surface area contributed by atoms with Crippen molar-refractivity contribution in [3.8, 4) is 11.5 Å². The molecule has 4 nitrogen and oxygen atoms in total. The molecule has 1 amide bonds. The molecule has 2 aromatic carbocycles. The topological polar surface area (TPSA) is 55.1 Å². The molecule has 3 rings (SSSR count). The number of rotatable bonds is 7. The number of hydrogen-bond donors (Lipinski definition) is 1. The highest BCUT2D eigenvalue weighted by Crippen LogP contribution is 2.24. The monoisotopic (exact) mass is 366 g/mol. The predicted octanol–water partition coefficient (Wildman–Crippen LogP) is 4.51. The van der Waals surface area contributed by atoms with E-state index >= 15 is 0 Å². The maximum absolute atomic E-state index is 12.0. The van der Waals surface area contributed by atoms with E-state index in [2.05, 4.69) is 16.4 Å². The third-order valence-electron chi connectivity index (χ3n) is 3.96. The van der Waals surface area contributed by atoms with Crippen molar-refractivity contribution in [2.24, 2.45) is 0 Å². The lowest BCUT2D eigenvalue weighted by Gasteiger charge is -2.04. The zero-order valence-electron chi connectivity index (χ0n) is 15.0. The van der Waals surface area contributed by atoms with Gasteiger partial charge in [-0.15, -0.1) is 11.8 Å². The van der Waals surface area contributed by atoms with Crippen LogP contribution in [0.15, 0.2) is 59.0 Å². The van der Waals surface area contributed by atoms with E-state index in [4.69, 9.17) is 4.42 Å². The van der Waals surface area contributed by atoms with Crippen LogP contribution in [0.25, 0.3) is 11.5 Å². The number of benzene rings is 2. The molecule has 0 saturated heterocycles. The Morgan fingerprint density at radius 2 is 1.92 bits per heavy atom. The van der Waals surface area contributed by atoms with Gasteiger partial charge < -0.3 is 9.73 Å². The van der Waals surface area contributed by atoms with E-state index in [1.54, 1.807) is 11.8 Å². The van der Waals surface area contributed by atoms with Crippen LogP contribution in [0.1, 0.15) is 22.6 Å². The summed E-state index contributed by atoms with van der Waals surface area (Å²) in [5.41, 5.74) is 4.14. The second-order valence-corrected chi connectivity index (χ2v) is 7.13. The molecule has 1 aromatic heterocycles. The predicted molar refractivity (Wildman–Crippen MR) is 106 cm³/mol. The standard InChI is InChI=1S/C21H22N2O2S/c1-15-7-6-10-18(11-15)21-23-19(16(2)25-21)13-26-14-20(24)22-12-17-8-4-3-5-9-17/h3-11H,12-14H2,1-2H3,(H,22,24). The number of thioether (sulfide) groups is 1. The molecule has 0 atom stereocenters. The van der Waals surface area contributed by atoms with Crippen LogP contribution in [0, 0.1) is 13.8 Å². The summed E-state index contributed by atoms with van der Waals surface area (Å²) >= 11 is 1.54. The molecule has 0 aliphatic heterocycles. The first-order valence-corrected chi connectivity index (χ1v) is 9.69. The van der Waals surface area contributed by atoms with E-state index in [1.807, 2.05) is 62.4 Å². The minimum absolute atomic E-state index is 0.0268. The van der Waals surface area contributed by atoms with E-state index in [-0.39, 0.29) is 5.91 Å². The third kappa shape index (κ3) is 4.99. The van der Waals surface area contributed by atoms with Crippen molar-refractivity contribution in [2.75, 3.05) is 5.75 Å². The van der Waals surface area contributed by atoms with Gasteiger partial charge in [-0.25, -0.2) is 4.98 Å². The van der Waals surface area contributed by atoms with Crippen LogP contribution < -0.4 is 5.32 Å². The second kappa shape index (κ2) is 8.72. The third-order valence-corrected chi connectivity index (χ3v) is 4.91. The SMILES string of the molecule is Cc1cccc(-c2nc(CSCC(=O)NCc3ccccc3)c(C)o2)c1. The Hall–Kier alpha value is -2.53. The van der Waals surface area contributed by atoms with E-state index in [0.717, 1.165) is 22.6 Å². The Labute approximate surface area is 158 Å². The van der Waals surface area contributed by atoms with Crippen LogP contribution in [-0.2, 0) is 17.1 Å². The number of oxazole rings is 1. The van der Waals surface area contributed by atoms with Gasteiger partial charge in [0.15, 0.2) is 0 Å². The van der Waals surface area contributed by atoms with Gasteiger partial charge in [-0.3, -0.25) is 4.79 Å². The molecule has 134 valence electrons. The van der Waals surface area contributed by atoms with Gasteiger partial charge >= 0.3 is 0 Å². The normalized spacial score (nSPS) is 10.7. The summed E-state index contributed by atoms with van der Waals surface area (Å²) in [4.78, 5) is 16.6. The molecule has 26 heavy (non-hydrogen) atoms. The minimum Gasteiger partial charge on any atom is -0.441 e. The van der Waals surface area contributed by atoms with Gasteiger partial charge in [0, 0.05) is 17.9 Å². The molecular weight excluding hydrogens is 344 g/mol. The fourth-order valence-corrected chi connectivity index (χ4v) is 3.40. The lowest BCUT2D eigenvalue weighted by Crippen LogP contribution is -2.24. The number of nitrogens with zero attached hydrogens (tertiary/aromatic N) is 1. The van der Waals surface area contributed by atoms with Gasteiger partial charge in [0.25, 0.3) is 0 Å². The van der Waals surface area contributed by atoms with E-state index < -0.39 is 0 Å². The summed E-state index contributed by atoms with van der Waals surface area (Å²) in [5.74, 6) is 2.52. The average Bonchev–Trinajstić information content (AvgIpc) is 3.02. The van der Waals surface area contributed by atoms with Gasteiger partial charge in [0.2, 0.25) is 11.8 Å². The minimum atomic E-state index is 0.0268. The van der Waals surface area contributed by atoms with Gasteiger partial charge in [0.1, 0.15) is 5.76 Å². The molecular formula is C21H22N2O2S. The highest BCUT2D eigenvalue weighted by atomic mass is 32.2. The van der Waals surface area contributed by atoms with Crippen molar-refractivity contribution in [3.63, 3.8) is 0 Å². The first-order valence-electron chi connectivity index (χ1n) is 8.53. The van der Waals surface area contributed by atoms with Crippen molar-refractivity contribution in [2.45, 2.75) is 26.1 Å². The Morgan fingerprint density at radius 1 is 1.12 bits per heavy atom. The van der Waals surface area contributed by atoms with Gasteiger partial charge in [-0.1, -0.05) is 48.0 Å². The zero-order chi connectivity index (χ0) is 18.4. The number of hydrogen-bond acceptors (Lipinski definition) is 4. The maximum atomic E-state index is 12.0. The molecule has 0 bridgehead atoms. The number of nitrogens with one attached hydrogen (secondary N) is 1. The number of carbonyl (C=O) groups is 1. The van der Waals surface area contributed by atoms with Crippen LogP contribution in [0.4, 0.5) is 0 Å². The summed E-state index contributed by atoms with van der Waals surface area (Å²) in [6.07, 6.45) is 0. The van der Waals surface area contributed by atoms with Crippen LogP contribution in [0.2, 0.25) is 0 Å². The van der Waals surface area contributed by atoms with E-state index in [1.165, 1.54) is 5.56 Å². The van der Waals surface area contributed by atoms with Gasteiger partial charge in [-0.05, 0) is 31.5 Å². The first-order chi connectivity index (χ1) is 12.6.